The van der Waals surface area contributed by atoms with Gasteiger partial charge in [0, 0.05) is 6.04 Å². The molecule has 4 heteroatoms. The molecule has 4 nitrogen and oxygen atoms in total. The lowest BCUT2D eigenvalue weighted by atomic mass is 10.0. The maximum atomic E-state index is 12.1. The normalized spacial score (nSPS) is 20.1. The zero-order chi connectivity index (χ0) is 14.1. The van der Waals surface area contributed by atoms with Crippen molar-refractivity contribution in [3.05, 3.63) is 40.4 Å². The highest BCUT2D eigenvalue weighted by molar-refractivity contribution is 5.77. The Hall–Kier alpha value is -1.68. The van der Waals surface area contributed by atoms with Crippen LogP contribution in [0, 0.1) is 5.92 Å². The third-order valence-electron chi connectivity index (χ3n) is 4.20. The summed E-state index contributed by atoms with van der Waals surface area (Å²) in [6, 6.07) is 8.11. The fourth-order valence-corrected chi connectivity index (χ4v) is 3.21. The van der Waals surface area contributed by atoms with Gasteiger partial charge in [0.2, 0.25) is 0 Å². The van der Waals surface area contributed by atoms with Crippen LogP contribution in [0.2, 0.25) is 0 Å². The second kappa shape index (κ2) is 5.37. The Kier molecular flexibility index (Phi) is 3.57. The number of fused-ring (bicyclic) bond motifs is 1. The molecular formula is C16H21N3O. The maximum Gasteiger partial charge on any atom is 0.258 e. The van der Waals surface area contributed by atoms with Gasteiger partial charge in [0.05, 0.1) is 17.4 Å². The minimum absolute atomic E-state index is 0.0362. The molecule has 0 aliphatic carbocycles. The van der Waals surface area contributed by atoms with E-state index in [0.29, 0.717) is 17.3 Å². The van der Waals surface area contributed by atoms with Gasteiger partial charge in [0.1, 0.15) is 5.82 Å². The molecule has 1 aromatic heterocycles. The van der Waals surface area contributed by atoms with Crippen LogP contribution >= 0.6 is 0 Å². The molecule has 1 N–H and O–H groups in total. The van der Waals surface area contributed by atoms with Gasteiger partial charge in [0.25, 0.3) is 5.56 Å². The van der Waals surface area contributed by atoms with Crippen molar-refractivity contribution in [2.75, 3.05) is 6.54 Å². The number of aromatic nitrogens is 2. The summed E-state index contributed by atoms with van der Waals surface area (Å²) in [5.41, 5.74) is 0.748. The first kappa shape index (κ1) is 13.3. The fourth-order valence-electron chi connectivity index (χ4n) is 3.21. The molecule has 1 aliphatic heterocycles. The molecule has 1 aromatic carbocycles. The minimum Gasteiger partial charge on any atom is -0.309 e. The van der Waals surface area contributed by atoms with E-state index in [1.165, 1.54) is 12.8 Å². The standard InChI is InChI=1S/C16H21N3O/c1-11(2)14-8-5-9-19(14)10-15-17-13-7-4-3-6-12(13)16(20)18-15/h3-4,6-7,11,14H,5,8-10H2,1-2H3,(H,17,18,20). The largest absolute Gasteiger partial charge is 0.309 e. The molecule has 1 saturated heterocycles. The number of rotatable bonds is 3. The van der Waals surface area contributed by atoms with Crippen LogP contribution in [0.25, 0.3) is 10.9 Å². The highest BCUT2D eigenvalue weighted by Gasteiger charge is 2.27. The van der Waals surface area contributed by atoms with Crippen molar-refractivity contribution in [1.29, 1.82) is 0 Å². The van der Waals surface area contributed by atoms with Gasteiger partial charge in [0.15, 0.2) is 0 Å². The van der Waals surface area contributed by atoms with Crippen LogP contribution in [0.15, 0.2) is 29.1 Å². The predicted octanol–water partition coefficient (Wildman–Crippen LogP) is 2.54. The number of aromatic amines is 1. The van der Waals surface area contributed by atoms with E-state index >= 15 is 0 Å². The molecular weight excluding hydrogens is 250 g/mol. The Bertz CT molecular complexity index is 662. The number of nitrogens with one attached hydrogen (secondary N) is 1. The van der Waals surface area contributed by atoms with E-state index in [9.17, 15) is 4.79 Å². The average Bonchev–Trinajstić information content (AvgIpc) is 2.87. The Morgan fingerprint density at radius 3 is 3.00 bits per heavy atom. The summed E-state index contributed by atoms with van der Waals surface area (Å²) >= 11 is 0. The molecule has 0 amide bonds. The summed E-state index contributed by atoms with van der Waals surface area (Å²) in [6.45, 7) is 6.36. The summed E-state index contributed by atoms with van der Waals surface area (Å²) < 4.78 is 0. The third-order valence-corrected chi connectivity index (χ3v) is 4.20. The van der Waals surface area contributed by atoms with Crippen LogP contribution in [0.1, 0.15) is 32.5 Å². The number of para-hydroxylation sites is 1. The van der Waals surface area contributed by atoms with Crippen LogP contribution < -0.4 is 5.56 Å². The van der Waals surface area contributed by atoms with Crippen molar-refractivity contribution >= 4 is 10.9 Å². The van der Waals surface area contributed by atoms with E-state index < -0.39 is 0 Å². The summed E-state index contributed by atoms with van der Waals surface area (Å²) in [5.74, 6) is 1.42. The molecule has 2 heterocycles. The number of benzene rings is 1. The lowest BCUT2D eigenvalue weighted by Crippen LogP contribution is -2.34. The highest BCUT2D eigenvalue weighted by Crippen LogP contribution is 2.24. The molecule has 106 valence electrons. The van der Waals surface area contributed by atoms with Crippen LogP contribution in [0.5, 0.6) is 0 Å². The van der Waals surface area contributed by atoms with E-state index in [0.717, 1.165) is 24.4 Å². The summed E-state index contributed by atoms with van der Waals surface area (Å²) in [6.07, 6.45) is 2.48. The van der Waals surface area contributed by atoms with Gasteiger partial charge in [-0.1, -0.05) is 26.0 Å². The summed E-state index contributed by atoms with van der Waals surface area (Å²) in [5, 5.41) is 0.665. The molecule has 1 unspecified atom stereocenters. The minimum atomic E-state index is -0.0362. The molecule has 1 fully saturated rings. The topological polar surface area (TPSA) is 49.0 Å². The average molecular weight is 271 g/mol. The fraction of sp³-hybridized carbons (Fsp3) is 0.500. The highest BCUT2D eigenvalue weighted by atomic mass is 16.1. The molecule has 3 rings (SSSR count). The Morgan fingerprint density at radius 1 is 1.40 bits per heavy atom. The second-order valence-corrected chi connectivity index (χ2v) is 5.95. The second-order valence-electron chi connectivity index (χ2n) is 5.95. The Balaban J connectivity index is 1.89. The first-order valence-electron chi connectivity index (χ1n) is 7.37. The zero-order valence-corrected chi connectivity index (χ0v) is 12.1. The zero-order valence-electron chi connectivity index (χ0n) is 12.1. The molecule has 0 radical (unpaired) electrons. The summed E-state index contributed by atoms with van der Waals surface area (Å²) in [7, 11) is 0. The van der Waals surface area contributed by atoms with Crippen LogP contribution in [0.3, 0.4) is 0 Å². The van der Waals surface area contributed by atoms with Crippen molar-refractivity contribution in [2.45, 2.75) is 39.3 Å². The monoisotopic (exact) mass is 271 g/mol. The van der Waals surface area contributed by atoms with Gasteiger partial charge >= 0.3 is 0 Å². The van der Waals surface area contributed by atoms with E-state index in [-0.39, 0.29) is 5.56 Å². The summed E-state index contributed by atoms with van der Waals surface area (Å²) in [4.78, 5) is 22.0. The third kappa shape index (κ3) is 2.48. The predicted molar refractivity (Wildman–Crippen MR) is 80.6 cm³/mol. The van der Waals surface area contributed by atoms with E-state index in [4.69, 9.17) is 0 Å². The Morgan fingerprint density at radius 2 is 2.20 bits per heavy atom. The first-order chi connectivity index (χ1) is 9.65. The van der Waals surface area contributed by atoms with Crippen LogP contribution in [0.4, 0.5) is 0 Å². The van der Waals surface area contributed by atoms with Crippen LogP contribution in [-0.2, 0) is 6.54 Å². The molecule has 0 bridgehead atoms. The molecule has 1 aliphatic rings. The van der Waals surface area contributed by atoms with Crippen molar-refractivity contribution < 1.29 is 0 Å². The van der Waals surface area contributed by atoms with Crippen molar-refractivity contribution in [3.63, 3.8) is 0 Å². The quantitative estimate of drug-likeness (QED) is 0.933. The van der Waals surface area contributed by atoms with E-state index in [2.05, 4.69) is 28.7 Å². The maximum absolute atomic E-state index is 12.1. The lowest BCUT2D eigenvalue weighted by Gasteiger charge is -2.26. The number of hydrogen-bond acceptors (Lipinski definition) is 3. The van der Waals surface area contributed by atoms with Gasteiger partial charge < -0.3 is 4.98 Å². The van der Waals surface area contributed by atoms with Gasteiger partial charge in [-0.3, -0.25) is 9.69 Å². The van der Waals surface area contributed by atoms with Crippen molar-refractivity contribution in [2.24, 2.45) is 5.92 Å². The van der Waals surface area contributed by atoms with Gasteiger partial charge in [-0.25, -0.2) is 4.98 Å². The Labute approximate surface area is 118 Å². The first-order valence-corrected chi connectivity index (χ1v) is 7.37. The smallest absolute Gasteiger partial charge is 0.258 e. The molecule has 0 saturated carbocycles. The molecule has 20 heavy (non-hydrogen) atoms. The van der Waals surface area contributed by atoms with E-state index in [1.807, 2.05) is 24.3 Å². The number of H-pyrrole nitrogens is 1. The molecule has 2 aromatic rings. The van der Waals surface area contributed by atoms with Crippen molar-refractivity contribution in [1.82, 2.24) is 14.9 Å². The van der Waals surface area contributed by atoms with Crippen molar-refractivity contribution in [3.8, 4) is 0 Å². The van der Waals surface area contributed by atoms with Gasteiger partial charge in [-0.15, -0.1) is 0 Å². The molecule has 1 atom stereocenters. The number of likely N-dealkylation sites (tertiary alicyclic amines) is 1. The van der Waals surface area contributed by atoms with Gasteiger partial charge in [-0.2, -0.15) is 0 Å². The van der Waals surface area contributed by atoms with Gasteiger partial charge in [-0.05, 0) is 37.4 Å². The van der Waals surface area contributed by atoms with Crippen LogP contribution in [-0.4, -0.2) is 27.5 Å². The molecule has 0 spiro atoms. The SMILES string of the molecule is CC(C)C1CCCN1Cc1nc2ccccc2c(=O)[nH]1. The van der Waals surface area contributed by atoms with E-state index in [1.54, 1.807) is 0 Å². The number of hydrogen-bond donors (Lipinski definition) is 1. The lowest BCUT2D eigenvalue weighted by molar-refractivity contribution is 0.194. The number of nitrogens with zero attached hydrogens (tertiary/aromatic N) is 2.